The molecule has 0 saturated carbocycles. The Morgan fingerprint density at radius 1 is 1.31 bits per heavy atom. The lowest BCUT2D eigenvalue weighted by molar-refractivity contribution is -0.136. The number of carboxylic acid groups (broad SMARTS) is 1. The van der Waals surface area contributed by atoms with Crippen molar-refractivity contribution in [2.75, 3.05) is 39.3 Å². The molecule has 6 heteroatoms. The fraction of sp³-hybridized carbons (Fsp3) is 0.800. The first-order valence-electron chi connectivity index (χ1n) is 5.60. The molecule has 16 heavy (non-hydrogen) atoms. The summed E-state index contributed by atoms with van der Waals surface area (Å²) < 4.78 is 0. The van der Waals surface area contributed by atoms with Gasteiger partial charge in [-0.15, -0.1) is 0 Å². The van der Waals surface area contributed by atoms with E-state index in [0.717, 1.165) is 32.6 Å². The first-order valence-corrected chi connectivity index (χ1v) is 5.60. The van der Waals surface area contributed by atoms with E-state index in [1.54, 1.807) is 0 Å². The number of aliphatic carboxylic acids is 1. The van der Waals surface area contributed by atoms with E-state index < -0.39 is 5.97 Å². The molecule has 0 spiro atoms. The number of hydrogen-bond acceptors (Lipinski definition) is 4. The predicted molar refractivity (Wildman–Crippen MR) is 59.2 cm³/mol. The van der Waals surface area contributed by atoms with Crippen LogP contribution in [0.25, 0.3) is 0 Å². The molecule has 1 saturated heterocycles. The summed E-state index contributed by atoms with van der Waals surface area (Å²) in [6.45, 7) is 4.26. The van der Waals surface area contributed by atoms with Gasteiger partial charge in [0.15, 0.2) is 0 Å². The zero-order valence-electron chi connectivity index (χ0n) is 9.37. The topological polar surface area (TPSA) is 81.7 Å². The third-order valence-electron chi connectivity index (χ3n) is 2.46. The van der Waals surface area contributed by atoms with E-state index in [2.05, 4.69) is 15.5 Å². The lowest BCUT2D eigenvalue weighted by Crippen LogP contribution is -2.39. The van der Waals surface area contributed by atoms with Crippen LogP contribution in [0.15, 0.2) is 0 Å². The van der Waals surface area contributed by atoms with Crippen LogP contribution in [0, 0.1) is 0 Å². The molecule has 0 atom stereocenters. The first kappa shape index (κ1) is 12.9. The van der Waals surface area contributed by atoms with Crippen LogP contribution in [0.1, 0.15) is 12.8 Å². The highest BCUT2D eigenvalue weighted by Crippen LogP contribution is 1.94. The third kappa shape index (κ3) is 5.67. The number of amides is 1. The summed E-state index contributed by atoms with van der Waals surface area (Å²) in [5.41, 5.74) is 0. The van der Waals surface area contributed by atoms with Gasteiger partial charge in [0.25, 0.3) is 0 Å². The Hall–Kier alpha value is -1.14. The first-order chi connectivity index (χ1) is 7.68. The van der Waals surface area contributed by atoms with Crippen LogP contribution < -0.4 is 10.6 Å². The summed E-state index contributed by atoms with van der Waals surface area (Å²) in [7, 11) is 0. The summed E-state index contributed by atoms with van der Waals surface area (Å²) in [6.07, 6.45) is 1.02. The van der Waals surface area contributed by atoms with Gasteiger partial charge in [-0.25, -0.2) is 0 Å². The number of hydrogen-bond donors (Lipinski definition) is 3. The van der Waals surface area contributed by atoms with E-state index in [0.29, 0.717) is 6.54 Å². The molecule has 1 rings (SSSR count). The summed E-state index contributed by atoms with van der Waals surface area (Å²) in [5.74, 6) is -0.984. The number of nitrogens with one attached hydrogen (secondary N) is 2. The number of rotatable bonds is 5. The molecule has 1 fully saturated rings. The fourth-order valence-corrected chi connectivity index (χ4v) is 1.63. The van der Waals surface area contributed by atoms with E-state index in [9.17, 15) is 9.59 Å². The van der Waals surface area contributed by atoms with Crippen molar-refractivity contribution in [1.29, 1.82) is 0 Å². The van der Waals surface area contributed by atoms with Crippen LogP contribution >= 0.6 is 0 Å². The maximum absolute atomic E-state index is 11.4. The van der Waals surface area contributed by atoms with Gasteiger partial charge >= 0.3 is 5.97 Å². The smallest absolute Gasteiger partial charge is 0.305 e. The molecule has 1 heterocycles. The van der Waals surface area contributed by atoms with Crippen molar-refractivity contribution >= 4 is 11.9 Å². The van der Waals surface area contributed by atoms with Crippen LogP contribution in [-0.2, 0) is 9.59 Å². The van der Waals surface area contributed by atoms with E-state index in [1.807, 2.05) is 0 Å². The Kier molecular flexibility index (Phi) is 5.81. The molecule has 1 aliphatic heterocycles. The second kappa shape index (κ2) is 7.19. The molecule has 1 aliphatic rings. The monoisotopic (exact) mass is 229 g/mol. The van der Waals surface area contributed by atoms with Crippen molar-refractivity contribution in [2.45, 2.75) is 12.8 Å². The van der Waals surface area contributed by atoms with Gasteiger partial charge in [0, 0.05) is 19.6 Å². The van der Waals surface area contributed by atoms with Crippen LogP contribution in [0.2, 0.25) is 0 Å². The molecule has 3 N–H and O–H groups in total. The summed E-state index contributed by atoms with van der Waals surface area (Å²) >= 11 is 0. The summed E-state index contributed by atoms with van der Waals surface area (Å²) in [6, 6.07) is 0. The van der Waals surface area contributed by atoms with Gasteiger partial charge in [-0.2, -0.15) is 0 Å². The second-order valence-corrected chi connectivity index (χ2v) is 3.87. The van der Waals surface area contributed by atoms with E-state index in [4.69, 9.17) is 5.11 Å². The molecule has 6 nitrogen and oxygen atoms in total. The van der Waals surface area contributed by atoms with E-state index >= 15 is 0 Å². The number of nitrogens with zero attached hydrogens (tertiary/aromatic N) is 1. The molecular formula is C10H19N3O3. The molecule has 92 valence electrons. The van der Waals surface area contributed by atoms with Crippen LogP contribution in [0.4, 0.5) is 0 Å². The quantitative estimate of drug-likeness (QED) is 0.556. The SMILES string of the molecule is O=C(O)CCNC(=O)CN1CCCNCC1. The minimum absolute atomic E-state index is 0.0205. The number of carbonyl (C=O) groups excluding carboxylic acids is 1. The zero-order chi connectivity index (χ0) is 11.8. The highest BCUT2D eigenvalue weighted by atomic mass is 16.4. The zero-order valence-corrected chi connectivity index (χ0v) is 9.37. The molecular weight excluding hydrogens is 210 g/mol. The average molecular weight is 229 g/mol. The van der Waals surface area contributed by atoms with E-state index in [1.165, 1.54) is 0 Å². The minimum atomic E-state index is -0.890. The fourth-order valence-electron chi connectivity index (χ4n) is 1.63. The molecule has 0 aliphatic carbocycles. The Morgan fingerprint density at radius 2 is 2.12 bits per heavy atom. The van der Waals surface area contributed by atoms with Crippen molar-refractivity contribution in [3.8, 4) is 0 Å². The normalized spacial score (nSPS) is 17.8. The Balaban J connectivity index is 2.14. The van der Waals surface area contributed by atoms with Crippen molar-refractivity contribution < 1.29 is 14.7 Å². The predicted octanol–water partition coefficient (Wildman–Crippen LogP) is -1.13. The van der Waals surface area contributed by atoms with Crippen molar-refractivity contribution in [3.05, 3.63) is 0 Å². The Morgan fingerprint density at radius 3 is 2.88 bits per heavy atom. The highest BCUT2D eigenvalue weighted by molar-refractivity contribution is 5.78. The number of carboxylic acids is 1. The van der Waals surface area contributed by atoms with Crippen molar-refractivity contribution in [1.82, 2.24) is 15.5 Å². The minimum Gasteiger partial charge on any atom is -0.481 e. The van der Waals surface area contributed by atoms with Gasteiger partial charge in [-0.1, -0.05) is 0 Å². The molecule has 0 unspecified atom stereocenters. The van der Waals surface area contributed by atoms with Gasteiger partial charge < -0.3 is 15.7 Å². The standard InChI is InChI=1S/C10H19N3O3/c14-9(12-4-2-10(15)16)8-13-6-1-3-11-5-7-13/h11H,1-8H2,(H,12,14)(H,15,16). The maximum Gasteiger partial charge on any atom is 0.305 e. The van der Waals surface area contributed by atoms with Crippen molar-refractivity contribution in [3.63, 3.8) is 0 Å². The lowest BCUT2D eigenvalue weighted by Gasteiger charge is -2.18. The molecule has 0 aromatic carbocycles. The molecule has 0 bridgehead atoms. The number of carbonyl (C=O) groups is 2. The van der Waals surface area contributed by atoms with Gasteiger partial charge in [0.2, 0.25) is 5.91 Å². The molecule has 0 radical (unpaired) electrons. The Bertz CT molecular complexity index is 237. The lowest BCUT2D eigenvalue weighted by atomic mass is 10.3. The van der Waals surface area contributed by atoms with Gasteiger partial charge in [0.1, 0.15) is 0 Å². The van der Waals surface area contributed by atoms with Crippen LogP contribution in [0.5, 0.6) is 0 Å². The highest BCUT2D eigenvalue weighted by Gasteiger charge is 2.12. The van der Waals surface area contributed by atoms with Crippen LogP contribution in [-0.4, -0.2) is 61.2 Å². The molecule has 0 aromatic rings. The van der Waals surface area contributed by atoms with Gasteiger partial charge in [-0.3, -0.25) is 14.5 Å². The van der Waals surface area contributed by atoms with Gasteiger partial charge in [0.05, 0.1) is 13.0 Å². The summed E-state index contributed by atoms with van der Waals surface area (Å²) in [5, 5.41) is 14.3. The Labute approximate surface area is 95.0 Å². The largest absolute Gasteiger partial charge is 0.481 e. The molecule has 0 aromatic heterocycles. The van der Waals surface area contributed by atoms with E-state index in [-0.39, 0.29) is 18.9 Å². The van der Waals surface area contributed by atoms with Crippen molar-refractivity contribution in [2.24, 2.45) is 0 Å². The molecule has 1 amide bonds. The van der Waals surface area contributed by atoms with Crippen LogP contribution in [0.3, 0.4) is 0 Å². The van der Waals surface area contributed by atoms with Gasteiger partial charge in [-0.05, 0) is 19.5 Å². The summed E-state index contributed by atoms with van der Waals surface area (Å²) in [4.78, 5) is 23.8. The maximum atomic E-state index is 11.4. The second-order valence-electron chi connectivity index (χ2n) is 3.87. The average Bonchev–Trinajstić information content (AvgIpc) is 2.45. The third-order valence-corrected chi connectivity index (χ3v) is 2.46.